The van der Waals surface area contributed by atoms with Gasteiger partial charge in [-0.2, -0.15) is 0 Å². The summed E-state index contributed by atoms with van der Waals surface area (Å²) in [6, 6.07) is 50.8. The van der Waals surface area contributed by atoms with Gasteiger partial charge >= 0.3 is 82.3 Å². The number of fused-ring (bicyclic) bond motifs is 9. The molecular weight excluding hydrogens is 631 g/mol. The predicted octanol–water partition coefficient (Wildman–Crippen LogP) is 13.8. The molecule has 0 saturated carbocycles. The van der Waals surface area contributed by atoms with Crippen molar-refractivity contribution in [1.82, 2.24) is 0 Å². The largest absolute Gasteiger partial charge is 0.456 e. The van der Waals surface area contributed by atoms with Crippen molar-refractivity contribution in [3.63, 3.8) is 0 Å². The monoisotopic (exact) mass is 674 g/mol. The number of furan rings is 1. The molecule has 0 bridgehead atoms. The molecule has 228 valence electrons. The average Bonchev–Trinajstić information content (AvgIpc) is 3.83. The van der Waals surface area contributed by atoms with Gasteiger partial charge in [0.25, 0.3) is 0 Å². The van der Waals surface area contributed by atoms with E-state index in [9.17, 15) is 0 Å². The van der Waals surface area contributed by atoms with Crippen molar-refractivity contribution in [3.05, 3.63) is 146 Å². The summed E-state index contributed by atoms with van der Waals surface area (Å²) in [7, 11) is 0. The van der Waals surface area contributed by atoms with Gasteiger partial charge in [-0.25, -0.2) is 0 Å². The number of para-hydroxylation sites is 2. The predicted molar refractivity (Wildman–Crippen MR) is 205 cm³/mol. The number of benzene rings is 6. The van der Waals surface area contributed by atoms with E-state index >= 15 is 0 Å². The molecule has 0 N–H and O–H groups in total. The Morgan fingerprint density at radius 2 is 0.667 bits per heavy atom. The van der Waals surface area contributed by atoms with E-state index in [2.05, 4.69) is 109 Å². The molecule has 0 saturated heterocycles. The fourth-order valence-corrected chi connectivity index (χ4v) is 8.45. The van der Waals surface area contributed by atoms with Gasteiger partial charge in [0.2, 0.25) is 0 Å². The van der Waals surface area contributed by atoms with Gasteiger partial charge in [0, 0.05) is 30.9 Å². The molecule has 1 nitrogen and oxygen atoms in total. The third kappa shape index (κ3) is 7.75. The second kappa shape index (κ2) is 17.4. The van der Waals surface area contributed by atoms with Crippen LogP contribution in [-0.2, 0) is 0 Å². The van der Waals surface area contributed by atoms with Gasteiger partial charge in [0.05, 0.1) is 0 Å². The van der Waals surface area contributed by atoms with Crippen molar-refractivity contribution < 1.29 is 4.42 Å². The summed E-state index contributed by atoms with van der Waals surface area (Å²) in [4.78, 5) is 0. The van der Waals surface area contributed by atoms with E-state index in [1.807, 2.05) is 89.3 Å². The zero-order valence-corrected chi connectivity index (χ0v) is 29.6. The topological polar surface area (TPSA) is 13.1 Å². The summed E-state index contributed by atoms with van der Waals surface area (Å²) in [6.45, 7) is 12.0. The first-order valence-electron chi connectivity index (χ1n) is 15.9. The van der Waals surface area contributed by atoms with Crippen molar-refractivity contribution in [2.24, 2.45) is 0 Å². The summed E-state index contributed by atoms with van der Waals surface area (Å²) in [5.41, 5.74) is 1.92. The van der Waals surface area contributed by atoms with Gasteiger partial charge in [-0.1, -0.05) is 114 Å². The van der Waals surface area contributed by atoms with Crippen molar-refractivity contribution in [1.29, 1.82) is 0 Å². The van der Waals surface area contributed by atoms with E-state index in [1.54, 1.807) is 0 Å². The Morgan fingerprint density at radius 1 is 0.356 bits per heavy atom. The molecule has 45 heavy (non-hydrogen) atoms. The molecule has 3 heterocycles. The number of hydrogen-bond acceptors (Lipinski definition) is 2. The molecule has 3 heteroatoms. The van der Waals surface area contributed by atoms with Gasteiger partial charge in [-0.15, -0.1) is 11.3 Å². The van der Waals surface area contributed by atoms with Crippen LogP contribution in [0.3, 0.4) is 0 Å². The first-order chi connectivity index (χ1) is 22.3. The van der Waals surface area contributed by atoms with Gasteiger partial charge in [-0.3, -0.25) is 0 Å². The number of thiophene rings is 1. The minimum absolute atomic E-state index is 0.535. The van der Waals surface area contributed by atoms with Crippen LogP contribution in [0.4, 0.5) is 0 Å². The second-order valence-corrected chi connectivity index (χ2v) is 12.6. The zero-order valence-electron chi connectivity index (χ0n) is 27.1. The quantitative estimate of drug-likeness (QED) is 0.146. The third-order valence-corrected chi connectivity index (χ3v) is 10.4. The first kappa shape index (κ1) is 33.7. The summed E-state index contributed by atoms with van der Waals surface area (Å²) in [6.07, 6.45) is 0. The minimum Gasteiger partial charge on any atom is -0.456 e. The summed E-state index contributed by atoms with van der Waals surface area (Å²) in [5.74, 6) is 0. The SMILES string of the molecule is CC.CC.CC.c1ccc2c(c1)[se]c1ccccc12.c1ccc2c(c1)oc1ccccc12.c1ccc2c(c1)sc1ccccc12. The van der Waals surface area contributed by atoms with Crippen LogP contribution < -0.4 is 0 Å². The Kier molecular flexibility index (Phi) is 13.0. The molecule has 0 aliphatic heterocycles. The molecule has 0 unspecified atom stereocenters. The normalized spacial score (nSPS) is 10.0. The molecular formula is C42H42OSSe. The van der Waals surface area contributed by atoms with E-state index in [1.165, 1.54) is 50.2 Å². The molecule has 0 aliphatic carbocycles. The van der Waals surface area contributed by atoms with Crippen molar-refractivity contribution >= 4 is 87.2 Å². The Morgan fingerprint density at radius 3 is 1.09 bits per heavy atom. The van der Waals surface area contributed by atoms with Crippen molar-refractivity contribution in [2.45, 2.75) is 41.5 Å². The Hall–Kier alpha value is -4.14. The van der Waals surface area contributed by atoms with Gasteiger partial charge in [0.1, 0.15) is 11.2 Å². The van der Waals surface area contributed by atoms with Gasteiger partial charge in [0.15, 0.2) is 0 Å². The molecule has 6 aromatic carbocycles. The molecule has 0 amide bonds. The first-order valence-corrected chi connectivity index (χ1v) is 18.5. The van der Waals surface area contributed by atoms with E-state index in [0.717, 1.165) is 11.2 Å². The average molecular weight is 674 g/mol. The third-order valence-electron chi connectivity index (χ3n) is 6.85. The summed E-state index contributed by atoms with van der Waals surface area (Å²) in [5, 5.41) is 8.03. The standard InChI is InChI=1S/C12H8O.C12H8S.C12H8Se.3C2H6/c3*1-3-7-11-9(5-1)10-6-2-4-8-12(10)13-11;3*1-2/h3*1-8H;3*1-2H3. The smallest absolute Gasteiger partial charge is 0.135 e. The summed E-state index contributed by atoms with van der Waals surface area (Å²) < 4.78 is 11.5. The zero-order chi connectivity index (χ0) is 32.0. The van der Waals surface area contributed by atoms with Crippen LogP contribution in [0.2, 0.25) is 0 Å². The van der Waals surface area contributed by atoms with Crippen LogP contribution >= 0.6 is 11.3 Å². The van der Waals surface area contributed by atoms with E-state index in [0.29, 0.717) is 14.5 Å². The van der Waals surface area contributed by atoms with Crippen LogP contribution in [-0.4, -0.2) is 14.5 Å². The molecule has 0 radical (unpaired) electrons. The molecule has 9 rings (SSSR count). The van der Waals surface area contributed by atoms with Crippen molar-refractivity contribution in [2.75, 3.05) is 0 Å². The molecule has 0 fully saturated rings. The Labute approximate surface area is 277 Å². The van der Waals surface area contributed by atoms with Crippen molar-refractivity contribution in [3.8, 4) is 0 Å². The van der Waals surface area contributed by atoms with Crippen LogP contribution in [0.5, 0.6) is 0 Å². The van der Waals surface area contributed by atoms with Crippen LogP contribution in [0.15, 0.2) is 150 Å². The van der Waals surface area contributed by atoms with Crippen LogP contribution in [0.1, 0.15) is 41.5 Å². The minimum atomic E-state index is 0.535. The molecule has 0 atom stereocenters. The molecule has 0 spiro atoms. The maximum Gasteiger partial charge on any atom is 0.135 e. The van der Waals surface area contributed by atoms with Gasteiger partial charge < -0.3 is 4.42 Å². The van der Waals surface area contributed by atoms with Gasteiger partial charge in [-0.05, 0) is 24.3 Å². The van der Waals surface area contributed by atoms with Crippen LogP contribution in [0, 0.1) is 0 Å². The maximum atomic E-state index is 5.65. The molecule has 9 aromatic rings. The fourth-order valence-electron chi connectivity index (χ4n) is 5.02. The molecule has 0 aliphatic rings. The molecule has 3 aromatic heterocycles. The van der Waals surface area contributed by atoms with E-state index in [4.69, 9.17) is 4.42 Å². The fraction of sp³-hybridized carbons (Fsp3) is 0.143. The number of hydrogen-bond donors (Lipinski definition) is 0. The number of rotatable bonds is 0. The van der Waals surface area contributed by atoms with E-state index < -0.39 is 0 Å². The van der Waals surface area contributed by atoms with E-state index in [-0.39, 0.29) is 0 Å². The van der Waals surface area contributed by atoms with Crippen LogP contribution in [0.25, 0.3) is 61.4 Å². The maximum absolute atomic E-state index is 5.65. The Bertz CT molecular complexity index is 1800. The Balaban J connectivity index is 0.000000142. The summed E-state index contributed by atoms with van der Waals surface area (Å²) >= 11 is 2.40. The second-order valence-electron chi connectivity index (χ2n) is 9.28.